The Morgan fingerprint density at radius 3 is 2.48 bits per heavy atom. The van der Waals surface area contributed by atoms with Crippen LogP contribution >= 0.6 is 0 Å². The number of hydrogen-bond donors (Lipinski definition) is 2. The predicted molar refractivity (Wildman–Crippen MR) is 109 cm³/mol. The van der Waals surface area contributed by atoms with Gasteiger partial charge in [-0.25, -0.2) is 9.97 Å². The molecule has 0 aliphatic heterocycles. The molecule has 1 heterocycles. The Balaban J connectivity index is 1.79. The van der Waals surface area contributed by atoms with Gasteiger partial charge in [0.1, 0.15) is 17.3 Å². The molecule has 138 valence electrons. The van der Waals surface area contributed by atoms with Crippen LogP contribution in [0.4, 0.5) is 11.5 Å². The monoisotopic (exact) mass is 360 g/mol. The lowest BCUT2D eigenvalue weighted by Gasteiger charge is -2.16. The highest BCUT2D eigenvalue weighted by Crippen LogP contribution is 2.20. The molecule has 0 radical (unpaired) electrons. The van der Waals surface area contributed by atoms with Crippen molar-refractivity contribution < 1.29 is 4.79 Å². The van der Waals surface area contributed by atoms with Crippen molar-refractivity contribution in [1.82, 2.24) is 9.97 Å². The fourth-order valence-electron chi connectivity index (χ4n) is 2.94. The van der Waals surface area contributed by atoms with Gasteiger partial charge in [-0.3, -0.25) is 4.79 Å². The van der Waals surface area contributed by atoms with Gasteiger partial charge in [0.2, 0.25) is 0 Å². The van der Waals surface area contributed by atoms with Crippen molar-refractivity contribution in [2.24, 2.45) is 0 Å². The molecule has 0 bridgehead atoms. The summed E-state index contributed by atoms with van der Waals surface area (Å²) in [5.74, 6) is 0.943. The number of aryl methyl sites for hydroxylation is 2. The molecule has 0 aliphatic rings. The Morgan fingerprint density at radius 2 is 1.74 bits per heavy atom. The maximum Gasteiger partial charge on any atom is 0.274 e. The molecule has 1 aromatic heterocycles. The molecule has 3 aromatic rings. The molecular formula is C22H24N4O. The molecule has 0 fully saturated rings. The number of para-hydroxylation sites is 1. The van der Waals surface area contributed by atoms with Gasteiger partial charge in [0.05, 0.1) is 0 Å². The van der Waals surface area contributed by atoms with Crippen LogP contribution in [0.3, 0.4) is 0 Å². The maximum atomic E-state index is 12.7. The second-order valence-electron chi connectivity index (χ2n) is 6.43. The molecule has 0 spiro atoms. The first-order valence-corrected chi connectivity index (χ1v) is 9.13. The minimum Gasteiger partial charge on any atom is -0.363 e. The lowest BCUT2D eigenvalue weighted by molar-refractivity contribution is 0.102. The number of amides is 1. The molecular weight excluding hydrogens is 336 g/mol. The van der Waals surface area contributed by atoms with Gasteiger partial charge in [0, 0.05) is 17.8 Å². The summed E-state index contributed by atoms with van der Waals surface area (Å²) in [6.07, 6.45) is 0.848. The van der Waals surface area contributed by atoms with E-state index in [1.54, 1.807) is 13.0 Å². The van der Waals surface area contributed by atoms with Gasteiger partial charge >= 0.3 is 0 Å². The highest BCUT2D eigenvalue weighted by Gasteiger charge is 2.14. The summed E-state index contributed by atoms with van der Waals surface area (Å²) in [6, 6.07) is 19.7. The zero-order chi connectivity index (χ0) is 19.2. The maximum absolute atomic E-state index is 12.7. The van der Waals surface area contributed by atoms with E-state index in [1.807, 2.05) is 42.5 Å². The van der Waals surface area contributed by atoms with E-state index in [4.69, 9.17) is 0 Å². The summed E-state index contributed by atoms with van der Waals surface area (Å²) in [5.41, 5.74) is 3.40. The second kappa shape index (κ2) is 8.45. The third-order valence-corrected chi connectivity index (χ3v) is 4.38. The van der Waals surface area contributed by atoms with E-state index in [9.17, 15) is 4.79 Å². The number of nitrogens with one attached hydrogen (secondary N) is 2. The van der Waals surface area contributed by atoms with Crippen molar-refractivity contribution in [3.63, 3.8) is 0 Å². The first kappa shape index (κ1) is 18.6. The Kier molecular flexibility index (Phi) is 5.81. The molecule has 5 heteroatoms. The Labute approximate surface area is 159 Å². The normalized spacial score (nSPS) is 11.7. The Hall–Kier alpha value is -3.21. The third-order valence-electron chi connectivity index (χ3n) is 4.38. The predicted octanol–water partition coefficient (Wildman–Crippen LogP) is 4.77. The number of anilines is 2. The van der Waals surface area contributed by atoms with Gasteiger partial charge in [-0.15, -0.1) is 0 Å². The van der Waals surface area contributed by atoms with Gasteiger partial charge in [-0.2, -0.15) is 0 Å². The van der Waals surface area contributed by atoms with Gasteiger partial charge < -0.3 is 10.6 Å². The number of rotatable bonds is 6. The summed E-state index contributed by atoms with van der Waals surface area (Å²) in [4.78, 5) is 21.4. The van der Waals surface area contributed by atoms with E-state index in [-0.39, 0.29) is 11.9 Å². The third kappa shape index (κ3) is 4.70. The number of benzene rings is 2. The van der Waals surface area contributed by atoms with E-state index >= 15 is 0 Å². The zero-order valence-corrected chi connectivity index (χ0v) is 15.9. The first-order chi connectivity index (χ1) is 13.1. The molecule has 1 atom stereocenters. The SMILES string of the molecule is CCc1ccccc1NC(=O)c1cc(NC(C)c2ccccc2)nc(C)n1. The first-order valence-electron chi connectivity index (χ1n) is 9.13. The van der Waals surface area contributed by atoms with Crippen LogP contribution in [-0.2, 0) is 6.42 Å². The Bertz CT molecular complexity index is 925. The molecule has 0 aliphatic carbocycles. The molecule has 2 N–H and O–H groups in total. The smallest absolute Gasteiger partial charge is 0.274 e. The summed E-state index contributed by atoms with van der Waals surface area (Å²) in [6.45, 7) is 5.91. The molecule has 0 saturated heterocycles. The van der Waals surface area contributed by atoms with Gasteiger partial charge in [-0.05, 0) is 37.5 Å². The number of carbonyl (C=O) groups excluding carboxylic acids is 1. The topological polar surface area (TPSA) is 66.9 Å². The summed E-state index contributed by atoms with van der Waals surface area (Å²) < 4.78 is 0. The minimum absolute atomic E-state index is 0.0669. The molecule has 27 heavy (non-hydrogen) atoms. The molecule has 3 rings (SSSR count). The van der Waals surface area contributed by atoms with Crippen molar-refractivity contribution in [1.29, 1.82) is 0 Å². The molecule has 2 aromatic carbocycles. The molecule has 1 amide bonds. The van der Waals surface area contributed by atoms with E-state index < -0.39 is 0 Å². The van der Waals surface area contributed by atoms with Crippen molar-refractivity contribution in [3.05, 3.63) is 83.3 Å². The van der Waals surface area contributed by atoms with Gasteiger partial charge in [0.25, 0.3) is 5.91 Å². The quantitative estimate of drug-likeness (QED) is 0.664. The fraction of sp³-hybridized carbons (Fsp3) is 0.227. The van der Waals surface area contributed by atoms with Crippen molar-refractivity contribution in [2.45, 2.75) is 33.2 Å². The van der Waals surface area contributed by atoms with Crippen LogP contribution in [0.25, 0.3) is 0 Å². The van der Waals surface area contributed by atoms with E-state index in [0.717, 1.165) is 23.2 Å². The average molecular weight is 360 g/mol. The van der Waals surface area contributed by atoms with E-state index in [1.165, 1.54) is 0 Å². The molecule has 5 nitrogen and oxygen atoms in total. The van der Waals surface area contributed by atoms with E-state index in [0.29, 0.717) is 17.3 Å². The number of aromatic nitrogens is 2. The van der Waals surface area contributed by atoms with Crippen LogP contribution in [0.1, 0.15) is 47.3 Å². The van der Waals surface area contributed by atoms with E-state index in [2.05, 4.69) is 46.6 Å². The standard InChI is InChI=1S/C22H24N4O/c1-4-17-10-8-9-13-19(17)26-22(27)20-14-21(25-16(3)24-20)23-15(2)18-11-6-5-7-12-18/h5-15H,4H2,1-3H3,(H,26,27)(H,23,24,25). The number of nitrogens with zero attached hydrogens (tertiary/aromatic N) is 2. The number of carbonyl (C=O) groups is 1. The van der Waals surface area contributed by atoms with Crippen LogP contribution < -0.4 is 10.6 Å². The summed E-state index contributed by atoms with van der Waals surface area (Å²) in [5, 5.41) is 6.31. The Morgan fingerprint density at radius 1 is 1.04 bits per heavy atom. The van der Waals surface area contributed by atoms with Crippen LogP contribution in [0.2, 0.25) is 0 Å². The highest BCUT2D eigenvalue weighted by molar-refractivity contribution is 6.03. The lowest BCUT2D eigenvalue weighted by Crippen LogP contribution is -2.17. The minimum atomic E-state index is -0.239. The van der Waals surface area contributed by atoms with Crippen molar-refractivity contribution in [2.75, 3.05) is 10.6 Å². The van der Waals surface area contributed by atoms with Crippen molar-refractivity contribution >= 4 is 17.4 Å². The largest absolute Gasteiger partial charge is 0.363 e. The molecule has 1 unspecified atom stereocenters. The number of hydrogen-bond acceptors (Lipinski definition) is 4. The molecule has 0 saturated carbocycles. The van der Waals surface area contributed by atoms with Gasteiger partial charge in [0.15, 0.2) is 0 Å². The second-order valence-corrected chi connectivity index (χ2v) is 6.43. The average Bonchev–Trinajstić information content (AvgIpc) is 2.68. The van der Waals surface area contributed by atoms with Crippen LogP contribution in [-0.4, -0.2) is 15.9 Å². The summed E-state index contributed by atoms with van der Waals surface area (Å²) in [7, 11) is 0. The fourth-order valence-corrected chi connectivity index (χ4v) is 2.94. The van der Waals surface area contributed by atoms with Crippen LogP contribution in [0, 0.1) is 6.92 Å². The van der Waals surface area contributed by atoms with Gasteiger partial charge in [-0.1, -0.05) is 55.5 Å². The van der Waals surface area contributed by atoms with Crippen molar-refractivity contribution in [3.8, 4) is 0 Å². The zero-order valence-electron chi connectivity index (χ0n) is 15.9. The van der Waals surface area contributed by atoms with Crippen LogP contribution in [0.15, 0.2) is 60.7 Å². The lowest BCUT2D eigenvalue weighted by atomic mass is 10.1. The summed E-state index contributed by atoms with van der Waals surface area (Å²) >= 11 is 0. The highest BCUT2D eigenvalue weighted by atomic mass is 16.1. The van der Waals surface area contributed by atoms with Crippen LogP contribution in [0.5, 0.6) is 0 Å².